The van der Waals surface area contributed by atoms with Crippen LogP contribution in [0.2, 0.25) is 0 Å². The number of nitrogens with one attached hydrogen (secondary N) is 4. The molecule has 104 valence electrons. The lowest BCUT2D eigenvalue weighted by Gasteiger charge is -2.26. The molecule has 0 atom stereocenters. The summed E-state index contributed by atoms with van der Waals surface area (Å²) in [5.74, 6) is 0. The standard InChI is InChI=1S/C12H24N4P.ClH/c1-5-9-13-17(14-10-6-2,15-11-7-3)16-12-8-4;/h5-8,13-16H,1-4,9-12H2;1H/q+1;. The highest BCUT2D eigenvalue weighted by atomic mass is 35.5. The molecule has 0 unspecified atom stereocenters. The molecule has 6 heteroatoms. The third-order valence-electron chi connectivity index (χ3n) is 1.89. The van der Waals surface area contributed by atoms with E-state index in [0.717, 1.165) is 0 Å². The normalized spacial score (nSPS) is 10.2. The van der Waals surface area contributed by atoms with Crippen LogP contribution in [-0.2, 0) is 0 Å². The van der Waals surface area contributed by atoms with Gasteiger partial charge in [0.1, 0.15) is 0 Å². The minimum Gasteiger partial charge on any atom is -0.147 e. The van der Waals surface area contributed by atoms with Crippen LogP contribution in [0, 0.1) is 0 Å². The fourth-order valence-corrected chi connectivity index (χ4v) is 3.42. The first-order valence-electron chi connectivity index (χ1n) is 5.57. The second-order valence-electron chi connectivity index (χ2n) is 3.27. The Labute approximate surface area is 118 Å². The summed E-state index contributed by atoms with van der Waals surface area (Å²) in [5, 5.41) is 13.6. The first-order chi connectivity index (χ1) is 8.24. The van der Waals surface area contributed by atoms with Gasteiger partial charge in [-0.25, -0.2) is 0 Å². The van der Waals surface area contributed by atoms with Gasteiger partial charge in [-0.05, 0) is 0 Å². The van der Waals surface area contributed by atoms with Crippen molar-refractivity contribution >= 4 is 20.3 Å². The third kappa shape index (κ3) is 8.59. The van der Waals surface area contributed by atoms with Gasteiger partial charge >= 0.3 is 0 Å². The van der Waals surface area contributed by atoms with Crippen LogP contribution >= 0.6 is 20.3 Å². The van der Waals surface area contributed by atoms with Gasteiger partial charge in [0.2, 0.25) is 0 Å². The molecule has 0 spiro atoms. The Hall–Kier alpha value is -0.480. The second-order valence-corrected chi connectivity index (χ2v) is 5.88. The Kier molecular flexibility index (Phi) is 14.3. The van der Waals surface area contributed by atoms with Crippen molar-refractivity contribution in [3.63, 3.8) is 0 Å². The molecule has 0 amide bonds. The Bertz CT molecular complexity index is 205. The van der Waals surface area contributed by atoms with Gasteiger partial charge < -0.3 is 0 Å². The van der Waals surface area contributed by atoms with E-state index >= 15 is 0 Å². The van der Waals surface area contributed by atoms with Crippen LogP contribution in [0.4, 0.5) is 0 Å². The SMILES string of the molecule is C=CCN[P+](NCC=C)(NCC=C)NCC=C.Cl. The summed E-state index contributed by atoms with van der Waals surface area (Å²) in [6.45, 7) is 17.7. The van der Waals surface area contributed by atoms with Crippen molar-refractivity contribution in [3.05, 3.63) is 50.6 Å². The van der Waals surface area contributed by atoms with E-state index in [2.05, 4.69) is 46.7 Å². The van der Waals surface area contributed by atoms with E-state index in [9.17, 15) is 0 Å². The largest absolute Gasteiger partial charge is 0.299 e. The molecule has 0 aromatic heterocycles. The van der Waals surface area contributed by atoms with Gasteiger partial charge in [-0.1, -0.05) is 24.3 Å². The quantitative estimate of drug-likeness (QED) is 0.329. The van der Waals surface area contributed by atoms with Gasteiger partial charge in [-0.15, -0.1) is 59.1 Å². The van der Waals surface area contributed by atoms with Crippen LogP contribution in [0.3, 0.4) is 0 Å². The zero-order valence-corrected chi connectivity index (χ0v) is 12.5. The van der Waals surface area contributed by atoms with Crippen LogP contribution < -0.4 is 20.3 Å². The second kappa shape index (κ2) is 13.0. The van der Waals surface area contributed by atoms with Crippen LogP contribution in [-0.4, -0.2) is 26.2 Å². The Morgan fingerprint density at radius 1 is 0.611 bits per heavy atom. The van der Waals surface area contributed by atoms with E-state index in [0.29, 0.717) is 26.2 Å². The molecule has 0 rings (SSSR count). The summed E-state index contributed by atoms with van der Waals surface area (Å²) in [7, 11) is -1.85. The zero-order chi connectivity index (χ0) is 13.0. The molecule has 4 N–H and O–H groups in total. The van der Waals surface area contributed by atoms with E-state index in [-0.39, 0.29) is 12.4 Å². The molecule has 18 heavy (non-hydrogen) atoms. The van der Waals surface area contributed by atoms with Crippen molar-refractivity contribution < 1.29 is 0 Å². The summed E-state index contributed by atoms with van der Waals surface area (Å²) < 4.78 is 0. The van der Waals surface area contributed by atoms with E-state index < -0.39 is 7.87 Å². The number of hydrogen-bond acceptors (Lipinski definition) is 4. The van der Waals surface area contributed by atoms with E-state index in [1.165, 1.54) is 0 Å². The molecule has 0 fully saturated rings. The molecule has 0 heterocycles. The molecule has 0 aromatic rings. The summed E-state index contributed by atoms with van der Waals surface area (Å²) in [4.78, 5) is 0. The minimum absolute atomic E-state index is 0. The monoisotopic (exact) mass is 291 g/mol. The van der Waals surface area contributed by atoms with Crippen molar-refractivity contribution in [2.75, 3.05) is 26.2 Å². The number of hydrogen-bond donors (Lipinski definition) is 4. The van der Waals surface area contributed by atoms with Crippen molar-refractivity contribution in [2.24, 2.45) is 0 Å². The van der Waals surface area contributed by atoms with Gasteiger partial charge in [-0.2, -0.15) is 0 Å². The van der Waals surface area contributed by atoms with E-state index in [1.807, 2.05) is 24.3 Å². The highest BCUT2D eigenvalue weighted by molar-refractivity contribution is 7.68. The van der Waals surface area contributed by atoms with Gasteiger partial charge in [-0.3, -0.25) is 0 Å². The highest BCUT2D eigenvalue weighted by Gasteiger charge is 2.36. The molecule has 0 radical (unpaired) electrons. The maximum absolute atomic E-state index is 3.72. The highest BCUT2D eigenvalue weighted by Crippen LogP contribution is 2.39. The van der Waals surface area contributed by atoms with Crippen LogP contribution in [0.5, 0.6) is 0 Å². The summed E-state index contributed by atoms with van der Waals surface area (Å²) >= 11 is 0. The van der Waals surface area contributed by atoms with Crippen molar-refractivity contribution in [3.8, 4) is 0 Å². The smallest absolute Gasteiger partial charge is 0.147 e. The number of halogens is 1. The predicted octanol–water partition coefficient (Wildman–Crippen LogP) is 2.19. The first kappa shape index (κ1) is 19.9. The molecule has 0 saturated heterocycles. The lowest BCUT2D eigenvalue weighted by atomic mass is 10.7. The minimum atomic E-state index is -1.85. The molecule has 0 aliphatic rings. The van der Waals surface area contributed by atoms with E-state index in [4.69, 9.17) is 0 Å². The molecule has 0 aliphatic carbocycles. The molecule has 0 aromatic carbocycles. The Morgan fingerprint density at radius 2 is 0.833 bits per heavy atom. The maximum atomic E-state index is 3.72. The Balaban J connectivity index is 0. The summed E-state index contributed by atoms with van der Waals surface area (Å²) in [6.07, 6.45) is 7.32. The summed E-state index contributed by atoms with van der Waals surface area (Å²) in [5.41, 5.74) is 0. The van der Waals surface area contributed by atoms with Crippen molar-refractivity contribution in [2.45, 2.75) is 0 Å². The molecular formula is C12H25ClN4P+. The van der Waals surface area contributed by atoms with Crippen LogP contribution in [0.15, 0.2) is 50.6 Å². The van der Waals surface area contributed by atoms with Gasteiger partial charge in [0.05, 0.1) is 26.2 Å². The topological polar surface area (TPSA) is 48.1 Å². The molecular weight excluding hydrogens is 267 g/mol. The van der Waals surface area contributed by atoms with Gasteiger partial charge in [0.25, 0.3) is 7.87 Å². The fourth-order valence-electron chi connectivity index (χ4n) is 1.14. The van der Waals surface area contributed by atoms with Crippen LogP contribution in [0.25, 0.3) is 0 Å². The molecule has 0 saturated carbocycles. The average Bonchev–Trinajstić information content (AvgIpc) is 2.37. The van der Waals surface area contributed by atoms with Crippen molar-refractivity contribution in [1.82, 2.24) is 20.3 Å². The van der Waals surface area contributed by atoms with Crippen LogP contribution in [0.1, 0.15) is 0 Å². The molecule has 0 aliphatic heterocycles. The van der Waals surface area contributed by atoms with Crippen molar-refractivity contribution in [1.29, 1.82) is 0 Å². The maximum Gasteiger partial charge on any atom is 0.299 e. The fraction of sp³-hybridized carbons (Fsp3) is 0.333. The Morgan fingerprint density at radius 3 is 1.00 bits per heavy atom. The average molecular weight is 292 g/mol. The lowest BCUT2D eigenvalue weighted by Crippen LogP contribution is -2.46. The number of rotatable bonds is 12. The lowest BCUT2D eigenvalue weighted by molar-refractivity contribution is 0.849. The van der Waals surface area contributed by atoms with E-state index in [1.54, 1.807) is 0 Å². The van der Waals surface area contributed by atoms with Gasteiger partial charge in [0, 0.05) is 0 Å². The molecule has 0 bridgehead atoms. The summed E-state index contributed by atoms with van der Waals surface area (Å²) in [6, 6.07) is 0. The first-order valence-corrected chi connectivity index (χ1v) is 7.36. The molecule has 4 nitrogen and oxygen atoms in total. The van der Waals surface area contributed by atoms with Gasteiger partial charge in [0.15, 0.2) is 0 Å². The predicted molar refractivity (Wildman–Crippen MR) is 87.0 cm³/mol. The third-order valence-corrected chi connectivity index (χ3v) is 4.52. The zero-order valence-electron chi connectivity index (χ0n) is 10.8.